The van der Waals surface area contributed by atoms with Crippen LogP contribution in [0.15, 0.2) is 18.2 Å². The zero-order valence-electron chi connectivity index (χ0n) is 7.37. The Bertz CT molecular complexity index is 409. The predicted octanol–water partition coefficient (Wildman–Crippen LogP) is 1.64. The van der Waals surface area contributed by atoms with Crippen molar-refractivity contribution in [3.8, 4) is 0 Å². The van der Waals surface area contributed by atoms with E-state index in [4.69, 9.17) is 0 Å². The molecule has 0 saturated heterocycles. The Hall–Kier alpha value is -2.05. The summed E-state index contributed by atoms with van der Waals surface area (Å²) < 4.78 is 24.7. The fraction of sp³-hybridized carbons (Fsp3) is 0.125. The molecule has 0 saturated carbocycles. The van der Waals surface area contributed by atoms with Gasteiger partial charge in [-0.1, -0.05) is 0 Å². The highest BCUT2D eigenvalue weighted by molar-refractivity contribution is 5.91. The molecule has 0 aromatic heterocycles. The van der Waals surface area contributed by atoms with E-state index in [0.717, 1.165) is 18.2 Å². The minimum absolute atomic E-state index is 0.0271. The maximum Gasteiger partial charge on any atom is 0.304 e. The maximum atomic E-state index is 13.0. The normalized spacial score (nSPS) is 9.73. The Kier molecular flexibility index (Phi) is 3.27. The lowest BCUT2D eigenvalue weighted by Crippen LogP contribution is -2.13. The summed E-state index contributed by atoms with van der Waals surface area (Å²) in [6.45, 7) is -1.24. The molecule has 0 heterocycles. The van der Waals surface area contributed by atoms with Crippen molar-refractivity contribution in [3.05, 3.63) is 34.1 Å². The first-order valence-corrected chi connectivity index (χ1v) is 3.84. The van der Waals surface area contributed by atoms with Gasteiger partial charge in [-0.15, -0.1) is 0 Å². The molecule has 15 heavy (non-hydrogen) atoms. The summed E-state index contributed by atoms with van der Waals surface area (Å²) in [5, 5.41) is 12.3. The van der Waals surface area contributed by atoms with Crippen LogP contribution in [0.5, 0.6) is 0 Å². The molecule has 1 N–H and O–H groups in total. The van der Waals surface area contributed by atoms with Gasteiger partial charge in [-0.05, 0) is 6.07 Å². The molecular formula is C8H6F2N2O3. The molecule has 5 nitrogen and oxygen atoms in total. The molecule has 7 heteroatoms. The number of carbonyl (C=O) groups is 1. The van der Waals surface area contributed by atoms with Crippen molar-refractivity contribution >= 4 is 17.3 Å². The number of nitrogens with zero attached hydrogens (tertiary/aromatic N) is 1. The number of anilines is 1. The molecule has 1 aromatic carbocycles. The van der Waals surface area contributed by atoms with E-state index >= 15 is 0 Å². The summed E-state index contributed by atoms with van der Waals surface area (Å²) in [5.74, 6) is -2.03. The molecule has 0 atom stereocenters. The minimum Gasteiger partial charge on any atom is -0.324 e. The van der Waals surface area contributed by atoms with Crippen LogP contribution < -0.4 is 5.32 Å². The molecule has 1 rings (SSSR count). The Morgan fingerprint density at radius 2 is 2.20 bits per heavy atom. The third-order valence-electron chi connectivity index (χ3n) is 1.55. The second-order valence-corrected chi connectivity index (χ2v) is 2.61. The average Bonchev–Trinajstić information content (AvgIpc) is 2.17. The van der Waals surface area contributed by atoms with Crippen molar-refractivity contribution in [2.75, 3.05) is 12.0 Å². The molecule has 0 bridgehead atoms. The van der Waals surface area contributed by atoms with Crippen LogP contribution in [0.4, 0.5) is 20.2 Å². The number of nitro groups is 1. The predicted molar refractivity (Wildman–Crippen MR) is 47.7 cm³/mol. The molecule has 1 aromatic rings. The first-order chi connectivity index (χ1) is 7.04. The molecule has 0 spiro atoms. The number of amides is 1. The molecule has 80 valence electrons. The van der Waals surface area contributed by atoms with Gasteiger partial charge in [-0.2, -0.15) is 4.39 Å². The standard InChI is InChI=1S/C8H6F2N2O3/c9-4-8(13)11-5-1-2-7(12(14)15)6(10)3-5/h1-3H,4H2,(H,11,13). The van der Waals surface area contributed by atoms with Crippen LogP contribution in [0.2, 0.25) is 0 Å². The van der Waals surface area contributed by atoms with E-state index in [9.17, 15) is 23.7 Å². The summed E-state index contributed by atoms with van der Waals surface area (Å²) in [6.07, 6.45) is 0. The number of halogens is 2. The molecule has 0 aliphatic rings. The smallest absolute Gasteiger partial charge is 0.304 e. The van der Waals surface area contributed by atoms with Gasteiger partial charge in [0.1, 0.15) is 0 Å². The minimum atomic E-state index is -1.24. The van der Waals surface area contributed by atoms with Gasteiger partial charge in [0, 0.05) is 17.8 Å². The largest absolute Gasteiger partial charge is 0.324 e. The highest BCUT2D eigenvalue weighted by atomic mass is 19.1. The lowest BCUT2D eigenvalue weighted by Gasteiger charge is -2.02. The Labute approximate surface area is 82.9 Å². The number of rotatable bonds is 3. The number of nitrogens with one attached hydrogen (secondary N) is 1. The lowest BCUT2D eigenvalue weighted by atomic mass is 10.2. The van der Waals surface area contributed by atoms with E-state index in [1.54, 1.807) is 0 Å². The van der Waals surface area contributed by atoms with E-state index in [0.29, 0.717) is 0 Å². The summed E-state index contributed by atoms with van der Waals surface area (Å²) in [5.41, 5.74) is -0.728. The van der Waals surface area contributed by atoms with Gasteiger partial charge in [-0.3, -0.25) is 14.9 Å². The van der Waals surface area contributed by atoms with Crippen molar-refractivity contribution in [1.29, 1.82) is 0 Å². The second kappa shape index (κ2) is 4.45. The average molecular weight is 216 g/mol. The molecule has 1 amide bonds. The van der Waals surface area contributed by atoms with Crippen molar-refractivity contribution in [3.63, 3.8) is 0 Å². The summed E-state index contributed by atoms with van der Waals surface area (Å²) in [4.78, 5) is 19.9. The van der Waals surface area contributed by atoms with Crippen LogP contribution in [-0.4, -0.2) is 17.5 Å². The van der Waals surface area contributed by atoms with Crippen LogP contribution in [0.3, 0.4) is 0 Å². The van der Waals surface area contributed by atoms with Crippen molar-refractivity contribution in [2.24, 2.45) is 0 Å². The van der Waals surface area contributed by atoms with Crippen LogP contribution >= 0.6 is 0 Å². The maximum absolute atomic E-state index is 13.0. The van der Waals surface area contributed by atoms with Crippen molar-refractivity contribution in [2.45, 2.75) is 0 Å². The second-order valence-electron chi connectivity index (χ2n) is 2.61. The molecule has 0 aliphatic heterocycles. The number of hydrogen-bond donors (Lipinski definition) is 1. The third kappa shape index (κ3) is 2.70. The number of alkyl halides is 1. The SMILES string of the molecule is O=C(CF)Nc1ccc([N+](=O)[O-])c(F)c1. The summed E-state index contributed by atoms with van der Waals surface area (Å²) in [6, 6.07) is 2.77. The van der Waals surface area contributed by atoms with Crippen LogP contribution in [0.1, 0.15) is 0 Å². The molecular weight excluding hydrogens is 210 g/mol. The quantitative estimate of drug-likeness (QED) is 0.616. The van der Waals surface area contributed by atoms with Crippen molar-refractivity contribution in [1.82, 2.24) is 0 Å². The molecule has 0 radical (unpaired) electrons. The number of hydrogen-bond acceptors (Lipinski definition) is 3. The highest BCUT2D eigenvalue weighted by Gasteiger charge is 2.14. The van der Waals surface area contributed by atoms with Gasteiger partial charge in [0.15, 0.2) is 6.67 Å². The molecule has 0 aliphatic carbocycles. The van der Waals surface area contributed by atoms with Gasteiger partial charge in [0.05, 0.1) is 4.92 Å². The summed E-state index contributed by atoms with van der Waals surface area (Å²) >= 11 is 0. The van der Waals surface area contributed by atoms with Gasteiger partial charge < -0.3 is 5.32 Å². The van der Waals surface area contributed by atoms with E-state index in [-0.39, 0.29) is 5.69 Å². The zero-order valence-corrected chi connectivity index (χ0v) is 7.37. The monoisotopic (exact) mass is 216 g/mol. The fourth-order valence-electron chi connectivity index (χ4n) is 0.927. The van der Waals surface area contributed by atoms with E-state index in [2.05, 4.69) is 0 Å². The third-order valence-corrected chi connectivity index (χ3v) is 1.55. The zero-order chi connectivity index (χ0) is 11.4. The fourth-order valence-corrected chi connectivity index (χ4v) is 0.927. The highest BCUT2D eigenvalue weighted by Crippen LogP contribution is 2.20. The van der Waals surface area contributed by atoms with Crippen LogP contribution in [0.25, 0.3) is 0 Å². The molecule has 0 fully saturated rings. The van der Waals surface area contributed by atoms with Gasteiger partial charge in [0.2, 0.25) is 5.82 Å². The first-order valence-electron chi connectivity index (χ1n) is 3.84. The van der Waals surface area contributed by atoms with E-state index < -0.39 is 29.0 Å². The Balaban J connectivity index is 2.91. The number of carbonyl (C=O) groups excluding carboxylic acids is 1. The molecule has 0 unspecified atom stereocenters. The van der Waals surface area contributed by atoms with Gasteiger partial charge in [-0.25, -0.2) is 4.39 Å². The Morgan fingerprint density at radius 3 is 2.67 bits per heavy atom. The van der Waals surface area contributed by atoms with Gasteiger partial charge in [0.25, 0.3) is 5.91 Å². The van der Waals surface area contributed by atoms with E-state index in [1.165, 1.54) is 0 Å². The number of nitro benzene ring substituents is 1. The lowest BCUT2D eigenvalue weighted by molar-refractivity contribution is -0.387. The van der Waals surface area contributed by atoms with Crippen LogP contribution in [0, 0.1) is 15.9 Å². The van der Waals surface area contributed by atoms with E-state index in [1.807, 2.05) is 5.32 Å². The van der Waals surface area contributed by atoms with Gasteiger partial charge >= 0.3 is 5.69 Å². The first kappa shape index (κ1) is 11.0. The van der Waals surface area contributed by atoms with Crippen molar-refractivity contribution < 1.29 is 18.5 Å². The Morgan fingerprint density at radius 1 is 1.53 bits per heavy atom. The van der Waals surface area contributed by atoms with Crippen LogP contribution in [-0.2, 0) is 4.79 Å². The number of benzene rings is 1. The topological polar surface area (TPSA) is 72.2 Å². The summed E-state index contributed by atoms with van der Waals surface area (Å²) in [7, 11) is 0.